The van der Waals surface area contributed by atoms with E-state index < -0.39 is 17.6 Å². The van der Waals surface area contributed by atoms with Gasteiger partial charge in [-0.05, 0) is 43.3 Å². The van der Waals surface area contributed by atoms with E-state index in [4.69, 9.17) is 10.3 Å². The number of nitrogens with two attached hydrogens (primary N) is 1. The number of benzene rings is 2. The molecule has 144 valence electrons. The van der Waals surface area contributed by atoms with E-state index in [-0.39, 0.29) is 28.1 Å². The van der Waals surface area contributed by atoms with Gasteiger partial charge in [-0.25, -0.2) is 9.37 Å². The monoisotopic (exact) mass is 390 g/mol. The van der Waals surface area contributed by atoms with Crippen molar-refractivity contribution in [2.75, 3.05) is 5.32 Å². The Balaban J connectivity index is 1.81. The van der Waals surface area contributed by atoms with Crippen LogP contribution in [0.5, 0.6) is 0 Å². The first-order valence-corrected chi connectivity index (χ1v) is 8.67. The first-order chi connectivity index (χ1) is 13.9. The highest BCUT2D eigenvalue weighted by atomic mass is 19.1. The van der Waals surface area contributed by atoms with Gasteiger partial charge in [0.15, 0.2) is 0 Å². The van der Waals surface area contributed by atoms with Crippen molar-refractivity contribution < 1.29 is 18.5 Å². The molecular weight excluding hydrogens is 375 g/mol. The summed E-state index contributed by atoms with van der Waals surface area (Å²) in [5, 5.41) is 7.01. The van der Waals surface area contributed by atoms with Crippen molar-refractivity contribution >= 4 is 28.6 Å². The number of carbonyl (C=O) groups excluding carboxylic acids is 2. The zero-order chi connectivity index (χ0) is 20.5. The van der Waals surface area contributed by atoms with E-state index >= 15 is 0 Å². The van der Waals surface area contributed by atoms with Gasteiger partial charge >= 0.3 is 0 Å². The van der Waals surface area contributed by atoms with Crippen molar-refractivity contribution in [3.05, 3.63) is 77.2 Å². The van der Waals surface area contributed by atoms with Gasteiger partial charge in [0.05, 0.1) is 22.3 Å². The van der Waals surface area contributed by atoms with Gasteiger partial charge in [0.1, 0.15) is 5.82 Å². The zero-order valence-corrected chi connectivity index (χ0v) is 15.3. The van der Waals surface area contributed by atoms with Gasteiger partial charge in [0, 0.05) is 16.8 Å². The first kappa shape index (κ1) is 18.3. The van der Waals surface area contributed by atoms with Crippen LogP contribution in [0.4, 0.5) is 10.1 Å². The van der Waals surface area contributed by atoms with E-state index in [9.17, 15) is 14.0 Å². The number of hydrogen-bond donors (Lipinski definition) is 2. The summed E-state index contributed by atoms with van der Waals surface area (Å²) in [6.45, 7) is 1.68. The minimum atomic E-state index is -0.607. The van der Waals surface area contributed by atoms with Gasteiger partial charge in [0.25, 0.3) is 11.6 Å². The van der Waals surface area contributed by atoms with Gasteiger partial charge in [-0.2, -0.15) is 0 Å². The summed E-state index contributed by atoms with van der Waals surface area (Å²) in [5.74, 6) is -1.57. The predicted octanol–water partition coefficient (Wildman–Crippen LogP) is 3.69. The third-order valence-corrected chi connectivity index (χ3v) is 4.42. The van der Waals surface area contributed by atoms with Crippen LogP contribution in [-0.2, 0) is 0 Å². The fourth-order valence-electron chi connectivity index (χ4n) is 3.03. The van der Waals surface area contributed by atoms with E-state index in [0.29, 0.717) is 16.8 Å². The number of rotatable bonds is 4. The largest absolute Gasteiger partial charge is 0.366 e. The molecule has 2 heterocycles. The van der Waals surface area contributed by atoms with Crippen LogP contribution in [0.25, 0.3) is 22.4 Å². The lowest BCUT2D eigenvalue weighted by atomic mass is 10.0. The number of nitrogens with one attached hydrogen (secondary N) is 1. The smallest absolute Gasteiger partial charge is 0.259 e. The lowest BCUT2D eigenvalue weighted by Crippen LogP contribution is -2.15. The molecule has 0 saturated heterocycles. The third kappa shape index (κ3) is 3.43. The zero-order valence-electron chi connectivity index (χ0n) is 15.3. The summed E-state index contributed by atoms with van der Waals surface area (Å²) >= 11 is 0. The van der Waals surface area contributed by atoms with Crippen LogP contribution < -0.4 is 11.1 Å². The summed E-state index contributed by atoms with van der Waals surface area (Å²) in [5.41, 5.74) is 7.22. The molecule has 0 unspecified atom stereocenters. The highest BCUT2D eigenvalue weighted by molar-refractivity contribution is 6.13. The van der Waals surface area contributed by atoms with E-state index in [0.717, 1.165) is 0 Å². The fraction of sp³-hybridized carbons (Fsp3) is 0.0476. The number of hydrogen-bond acceptors (Lipinski definition) is 5. The number of aromatic nitrogens is 2. The molecule has 0 aliphatic heterocycles. The Hall–Kier alpha value is -4.07. The van der Waals surface area contributed by atoms with Crippen LogP contribution in [0.3, 0.4) is 0 Å². The van der Waals surface area contributed by atoms with Gasteiger partial charge in [-0.15, -0.1) is 0 Å². The molecule has 2 amide bonds. The van der Waals surface area contributed by atoms with Gasteiger partial charge in [-0.3, -0.25) is 9.59 Å². The molecule has 2 aromatic heterocycles. The number of nitrogens with zero attached hydrogens (tertiary/aromatic N) is 2. The topological polar surface area (TPSA) is 111 Å². The average molecular weight is 390 g/mol. The van der Waals surface area contributed by atoms with Crippen LogP contribution in [-0.4, -0.2) is 22.0 Å². The predicted molar refractivity (Wildman–Crippen MR) is 105 cm³/mol. The van der Waals surface area contributed by atoms with Crippen LogP contribution in [0.1, 0.15) is 26.4 Å². The molecule has 0 aliphatic carbocycles. The maximum atomic E-state index is 14.2. The minimum Gasteiger partial charge on any atom is -0.366 e. The molecule has 0 saturated carbocycles. The van der Waals surface area contributed by atoms with Crippen LogP contribution in [0.2, 0.25) is 0 Å². The number of primary amides is 1. The summed E-state index contributed by atoms with van der Waals surface area (Å²) in [6, 6.07) is 13.8. The Morgan fingerprint density at radius 2 is 1.90 bits per heavy atom. The molecule has 8 heteroatoms. The van der Waals surface area contributed by atoms with Crippen molar-refractivity contribution in [3.63, 3.8) is 0 Å². The van der Waals surface area contributed by atoms with Crippen molar-refractivity contribution in [1.82, 2.24) is 10.1 Å². The molecule has 0 bridgehead atoms. The van der Waals surface area contributed by atoms with E-state index in [1.165, 1.54) is 18.2 Å². The van der Waals surface area contributed by atoms with E-state index in [2.05, 4.69) is 15.5 Å². The highest BCUT2D eigenvalue weighted by Gasteiger charge is 2.20. The minimum absolute atomic E-state index is 0.124. The number of fused-ring (bicyclic) bond motifs is 1. The van der Waals surface area contributed by atoms with Crippen molar-refractivity contribution in [2.24, 2.45) is 5.73 Å². The second kappa shape index (κ2) is 7.16. The van der Waals surface area contributed by atoms with Gasteiger partial charge < -0.3 is 15.6 Å². The van der Waals surface area contributed by atoms with E-state index in [1.807, 2.05) is 0 Å². The van der Waals surface area contributed by atoms with Crippen molar-refractivity contribution in [3.8, 4) is 11.3 Å². The summed E-state index contributed by atoms with van der Waals surface area (Å²) in [7, 11) is 0. The van der Waals surface area contributed by atoms with Crippen LogP contribution in [0.15, 0.2) is 59.1 Å². The average Bonchev–Trinajstić information content (AvgIpc) is 3.08. The van der Waals surface area contributed by atoms with Crippen molar-refractivity contribution in [1.29, 1.82) is 0 Å². The molecule has 2 aromatic carbocycles. The number of anilines is 1. The number of amides is 2. The molecule has 7 nitrogen and oxygen atoms in total. The van der Waals surface area contributed by atoms with Crippen LogP contribution >= 0.6 is 0 Å². The number of halogens is 1. The van der Waals surface area contributed by atoms with Gasteiger partial charge in [-0.1, -0.05) is 23.4 Å². The Labute approximate surface area is 164 Å². The number of aryl methyl sites for hydroxylation is 1. The molecule has 4 aromatic rings. The number of carbonyl (C=O) groups is 2. The Bertz CT molecular complexity index is 1270. The lowest BCUT2D eigenvalue weighted by Gasteiger charge is -2.09. The number of pyridine rings is 1. The highest BCUT2D eigenvalue weighted by Crippen LogP contribution is 2.29. The summed E-state index contributed by atoms with van der Waals surface area (Å²) in [6.07, 6.45) is 0. The standard InChI is InChI=1S/C21H15FN4O3/c1-11-18-15(20(28)24-13-6-4-5-12(9-13)19(23)27)10-17(25-21(18)29-26-11)14-7-2-3-8-16(14)22/h2-10H,1H3,(H2,23,27)(H,24,28). The molecular formula is C21H15FN4O3. The quantitative estimate of drug-likeness (QED) is 0.552. The summed E-state index contributed by atoms with van der Waals surface area (Å²) in [4.78, 5) is 28.7. The SMILES string of the molecule is Cc1noc2nc(-c3ccccc3F)cc(C(=O)Nc3cccc(C(N)=O)c3)c12. The summed E-state index contributed by atoms with van der Waals surface area (Å²) < 4.78 is 19.5. The molecule has 3 N–H and O–H groups in total. The maximum absolute atomic E-state index is 14.2. The second-order valence-corrected chi connectivity index (χ2v) is 6.38. The van der Waals surface area contributed by atoms with Crippen molar-refractivity contribution in [2.45, 2.75) is 6.92 Å². The molecule has 4 rings (SSSR count). The lowest BCUT2D eigenvalue weighted by molar-refractivity contribution is 0.0996. The molecule has 0 spiro atoms. The van der Waals surface area contributed by atoms with Crippen LogP contribution in [0, 0.1) is 12.7 Å². The Morgan fingerprint density at radius 1 is 1.10 bits per heavy atom. The second-order valence-electron chi connectivity index (χ2n) is 6.38. The third-order valence-electron chi connectivity index (χ3n) is 4.42. The maximum Gasteiger partial charge on any atom is 0.259 e. The van der Waals surface area contributed by atoms with E-state index in [1.54, 1.807) is 43.3 Å². The van der Waals surface area contributed by atoms with Gasteiger partial charge in [0.2, 0.25) is 5.91 Å². The Morgan fingerprint density at radius 3 is 2.66 bits per heavy atom. The first-order valence-electron chi connectivity index (χ1n) is 8.67. The Kier molecular flexibility index (Phi) is 4.52. The normalized spacial score (nSPS) is 10.8. The molecule has 0 fully saturated rings. The fourth-order valence-corrected chi connectivity index (χ4v) is 3.03. The molecule has 0 aliphatic rings. The molecule has 29 heavy (non-hydrogen) atoms. The molecule has 0 radical (unpaired) electrons. The molecule has 0 atom stereocenters.